The molecule has 7 heteroatoms. The van der Waals surface area contributed by atoms with E-state index in [-0.39, 0.29) is 24.9 Å². The van der Waals surface area contributed by atoms with Crippen LogP contribution in [0, 0.1) is 5.82 Å². The summed E-state index contributed by atoms with van der Waals surface area (Å²) >= 11 is 0. The van der Waals surface area contributed by atoms with Crippen LogP contribution in [0.25, 0.3) is 11.1 Å². The standard InChI is InChI=1S/C28H31FN2O4/c1-18(30)24-8-4-9-25(28(24)29)21-12-19(13-22(14-21)31-16-23-7-5-11-34-23)17-35-26-10-3-2-6-20(26)15-27(32)33/h2-4,6,8-10,12-14,18,23,31H,5,7,11,15-17,30H2,1H3,(H,32,33)/t18-,23-/m1/s1. The number of aliphatic carboxylic acids is 1. The van der Waals surface area contributed by atoms with Gasteiger partial charge in [-0.1, -0.05) is 36.4 Å². The number of para-hydroxylation sites is 1. The predicted octanol–water partition coefficient (Wildman–Crippen LogP) is 5.31. The van der Waals surface area contributed by atoms with Crippen LogP contribution < -0.4 is 15.8 Å². The number of nitrogens with two attached hydrogens (primary N) is 1. The van der Waals surface area contributed by atoms with Gasteiger partial charge in [-0.3, -0.25) is 4.79 Å². The number of nitrogens with one attached hydrogen (secondary N) is 1. The highest BCUT2D eigenvalue weighted by Gasteiger charge is 2.17. The maximum atomic E-state index is 15.3. The lowest BCUT2D eigenvalue weighted by molar-refractivity contribution is -0.136. The van der Waals surface area contributed by atoms with E-state index in [1.54, 1.807) is 43.3 Å². The van der Waals surface area contributed by atoms with Crippen LogP contribution in [-0.2, 0) is 22.6 Å². The fourth-order valence-electron chi connectivity index (χ4n) is 4.31. The van der Waals surface area contributed by atoms with Gasteiger partial charge in [0.25, 0.3) is 0 Å². The molecule has 1 heterocycles. The highest BCUT2D eigenvalue weighted by atomic mass is 19.1. The average molecular weight is 479 g/mol. The van der Waals surface area contributed by atoms with E-state index in [4.69, 9.17) is 15.2 Å². The highest BCUT2D eigenvalue weighted by Crippen LogP contribution is 2.31. The van der Waals surface area contributed by atoms with Crippen molar-refractivity contribution in [2.75, 3.05) is 18.5 Å². The third kappa shape index (κ3) is 6.38. The maximum Gasteiger partial charge on any atom is 0.307 e. The van der Waals surface area contributed by atoms with Gasteiger partial charge in [0, 0.05) is 41.6 Å². The third-order valence-corrected chi connectivity index (χ3v) is 6.09. The normalized spacial score (nSPS) is 16.1. The zero-order valence-corrected chi connectivity index (χ0v) is 19.8. The second-order valence-corrected chi connectivity index (χ2v) is 8.90. The first-order chi connectivity index (χ1) is 16.9. The summed E-state index contributed by atoms with van der Waals surface area (Å²) in [7, 11) is 0. The van der Waals surface area contributed by atoms with E-state index in [9.17, 15) is 9.90 Å². The summed E-state index contributed by atoms with van der Waals surface area (Å²) in [6.45, 7) is 3.40. The van der Waals surface area contributed by atoms with Crippen molar-refractivity contribution in [1.82, 2.24) is 0 Å². The summed E-state index contributed by atoms with van der Waals surface area (Å²) in [6.07, 6.45) is 2.09. The minimum atomic E-state index is -0.923. The van der Waals surface area contributed by atoms with Gasteiger partial charge in [-0.15, -0.1) is 0 Å². The van der Waals surface area contributed by atoms with Crippen molar-refractivity contribution in [3.05, 3.63) is 83.2 Å². The Balaban J connectivity index is 1.63. The van der Waals surface area contributed by atoms with E-state index < -0.39 is 12.0 Å². The van der Waals surface area contributed by atoms with E-state index in [1.165, 1.54) is 0 Å². The molecule has 1 aliphatic rings. The molecule has 184 valence electrons. The first-order valence-corrected chi connectivity index (χ1v) is 11.9. The number of carbonyl (C=O) groups is 1. The minimum absolute atomic E-state index is 0.125. The predicted molar refractivity (Wildman–Crippen MR) is 134 cm³/mol. The number of carboxylic acid groups (broad SMARTS) is 1. The largest absolute Gasteiger partial charge is 0.489 e. The lowest BCUT2D eigenvalue weighted by Crippen LogP contribution is -2.18. The zero-order valence-electron chi connectivity index (χ0n) is 19.8. The molecule has 2 atom stereocenters. The molecule has 1 saturated heterocycles. The molecule has 35 heavy (non-hydrogen) atoms. The first kappa shape index (κ1) is 24.7. The summed E-state index contributed by atoms with van der Waals surface area (Å²) in [6, 6.07) is 17.7. The minimum Gasteiger partial charge on any atom is -0.489 e. The molecule has 0 saturated carbocycles. The summed E-state index contributed by atoms with van der Waals surface area (Å²) in [5.74, 6) is -0.745. The zero-order chi connectivity index (χ0) is 24.8. The molecule has 1 aliphatic heterocycles. The quantitative estimate of drug-likeness (QED) is 0.366. The van der Waals surface area contributed by atoms with E-state index in [1.807, 2.05) is 24.3 Å². The summed E-state index contributed by atoms with van der Waals surface area (Å²) < 4.78 is 27.1. The van der Waals surface area contributed by atoms with E-state index in [0.717, 1.165) is 30.7 Å². The average Bonchev–Trinajstić information content (AvgIpc) is 3.35. The van der Waals surface area contributed by atoms with E-state index >= 15 is 4.39 Å². The number of halogens is 1. The molecule has 0 spiro atoms. The van der Waals surface area contributed by atoms with Gasteiger partial charge in [0.15, 0.2) is 0 Å². The Kier molecular flexibility index (Phi) is 8.00. The van der Waals surface area contributed by atoms with Crippen LogP contribution in [0.2, 0.25) is 0 Å². The van der Waals surface area contributed by atoms with Crippen molar-refractivity contribution in [2.45, 2.75) is 44.9 Å². The first-order valence-electron chi connectivity index (χ1n) is 11.9. The molecule has 4 N–H and O–H groups in total. The van der Waals surface area contributed by atoms with Gasteiger partial charge in [0.05, 0.1) is 12.5 Å². The Hall–Kier alpha value is -3.42. The summed E-state index contributed by atoms with van der Waals surface area (Å²) in [5.41, 5.74) is 9.87. The van der Waals surface area contributed by atoms with Gasteiger partial charge in [-0.25, -0.2) is 4.39 Å². The van der Waals surface area contributed by atoms with Gasteiger partial charge in [0.1, 0.15) is 18.2 Å². The second kappa shape index (κ2) is 11.3. The molecule has 3 aromatic carbocycles. The Morgan fingerprint density at radius 1 is 1.23 bits per heavy atom. The smallest absolute Gasteiger partial charge is 0.307 e. The number of rotatable bonds is 10. The molecule has 3 aromatic rings. The van der Waals surface area contributed by atoms with Crippen molar-refractivity contribution >= 4 is 11.7 Å². The fourth-order valence-corrected chi connectivity index (χ4v) is 4.31. The van der Waals surface area contributed by atoms with E-state index in [0.29, 0.717) is 34.5 Å². The van der Waals surface area contributed by atoms with Crippen LogP contribution in [0.1, 0.15) is 42.5 Å². The van der Waals surface area contributed by atoms with Crippen LogP contribution in [0.4, 0.5) is 10.1 Å². The number of anilines is 1. The Morgan fingerprint density at radius 2 is 2.06 bits per heavy atom. The van der Waals surface area contributed by atoms with Gasteiger partial charge in [-0.05, 0) is 55.2 Å². The molecule has 0 amide bonds. The van der Waals surface area contributed by atoms with Gasteiger partial charge < -0.3 is 25.6 Å². The van der Waals surface area contributed by atoms with Crippen molar-refractivity contribution < 1.29 is 23.8 Å². The summed E-state index contributed by atoms with van der Waals surface area (Å²) in [4.78, 5) is 11.2. The lowest BCUT2D eigenvalue weighted by atomic mass is 9.97. The number of hydrogen-bond donors (Lipinski definition) is 3. The lowest BCUT2D eigenvalue weighted by Gasteiger charge is -2.17. The van der Waals surface area contributed by atoms with Crippen LogP contribution in [-0.4, -0.2) is 30.3 Å². The maximum absolute atomic E-state index is 15.3. The summed E-state index contributed by atoms with van der Waals surface area (Å²) in [5, 5.41) is 12.6. The van der Waals surface area contributed by atoms with Crippen LogP contribution >= 0.6 is 0 Å². The fraction of sp³-hybridized carbons (Fsp3) is 0.321. The van der Waals surface area contributed by atoms with Crippen molar-refractivity contribution in [1.29, 1.82) is 0 Å². The number of benzene rings is 3. The third-order valence-electron chi connectivity index (χ3n) is 6.09. The Bertz CT molecular complexity index is 1180. The molecular formula is C28H31FN2O4. The molecule has 0 aromatic heterocycles. The van der Waals surface area contributed by atoms with Gasteiger partial charge in [-0.2, -0.15) is 0 Å². The molecule has 0 aliphatic carbocycles. The second-order valence-electron chi connectivity index (χ2n) is 8.90. The number of ether oxygens (including phenoxy) is 2. The SMILES string of the molecule is C[C@@H](N)c1cccc(-c2cc(COc3ccccc3CC(=O)O)cc(NC[C@H]3CCCO3)c2)c1F. The van der Waals surface area contributed by atoms with Crippen molar-refractivity contribution in [2.24, 2.45) is 5.73 Å². The van der Waals surface area contributed by atoms with Crippen LogP contribution in [0.15, 0.2) is 60.7 Å². The molecule has 0 radical (unpaired) electrons. The highest BCUT2D eigenvalue weighted by molar-refractivity contribution is 5.72. The molecule has 4 rings (SSSR count). The van der Waals surface area contributed by atoms with Crippen molar-refractivity contribution in [3.8, 4) is 16.9 Å². The monoisotopic (exact) mass is 478 g/mol. The Morgan fingerprint density at radius 3 is 2.80 bits per heavy atom. The molecule has 6 nitrogen and oxygen atoms in total. The van der Waals surface area contributed by atoms with Gasteiger partial charge >= 0.3 is 5.97 Å². The molecule has 0 bridgehead atoms. The van der Waals surface area contributed by atoms with Crippen LogP contribution in [0.3, 0.4) is 0 Å². The Labute approximate surface area is 204 Å². The van der Waals surface area contributed by atoms with E-state index in [2.05, 4.69) is 5.32 Å². The molecular weight excluding hydrogens is 447 g/mol. The number of hydrogen-bond acceptors (Lipinski definition) is 5. The van der Waals surface area contributed by atoms with Crippen molar-refractivity contribution in [3.63, 3.8) is 0 Å². The molecule has 1 fully saturated rings. The molecule has 0 unspecified atom stereocenters. The topological polar surface area (TPSA) is 93.8 Å². The number of carboxylic acids is 1. The van der Waals surface area contributed by atoms with Gasteiger partial charge in [0.2, 0.25) is 0 Å². The van der Waals surface area contributed by atoms with Crippen LogP contribution in [0.5, 0.6) is 5.75 Å².